The minimum absolute atomic E-state index is 0.0491. The molecule has 3 unspecified atom stereocenters. The van der Waals surface area contributed by atoms with Crippen LogP contribution in [0.25, 0.3) is 0 Å². The molecule has 1 heterocycles. The van der Waals surface area contributed by atoms with Crippen molar-refractivity contribution in [3.05, 3.63) is 0 Å². The number of imide groups is 1. The predicted octanol–water partition coefficient (Wildman–Crippen LogP) is -0.519. The average Bonchev–Trinajstić information content (AvgIpc) is 2.97. The highest BCUT2D eigenvalue weighted by atomic mass is 16.5. The second-order valence-corrected chi connectivity index (χ2v) is 4.19. The monoisotopic (exact) mass is 227 g/mol. The quantitative estimate of drug-likeness (QED) is 0.639. The van der Waals surface area contributed by atoms with Gasteiger partial charge in [0.2, 0.25) is 11.8 Å². The molecule has 2 aliphatic rings. The number of carboxylic acid groups (broad SMARTS) is 1. The summed E-state index contributed by atoms with van der Waals surface area (Å²) in [7, 11) is 1.37. The van der Waals surface area contributed by atoms with Crippen molar-refractivity contribution in [2.24, 2.45) is 11.8 Å². The highest BCUT2D eigenvalue weighted by Gasteiger charge is 2.58. The normalized spacial score (nSPS) is 29.2. The van der Waals surface area contributed by atoms with Gasteiger partial charge < -0.3 is 9.84 Å². The zero-order chi connectivity index (χ0) is 11.9. The van der Waals surface area contributed by atoms with Gasteiger partial charge in [-0.05, 0) is 6.42 Å². The maximum absolute atomic E-state index is 11.6. The molecule has 1 saturated heterocycles. The largest absolute Gasteiger partial charge is 0.481 e. The summed E-state index contributed by atoms with van der Waals surface area (Å²) in [4.78, 5) is 34.8. The summed E-state index contributed by atoms with van der Waals surface area (Å²) in [5, 5.41) is 8.61. The number of nitrogens with zero attached hydrogens (tertiary/aromatic N) is 1. The number of carbonyl (C=O) groups excluding carboxylic acids is 2. The van der Waals surface area contributed by atoms with Gasteiger partial charge in [-0.3, -0.25) is 19.3 Å². The van der Waals surface area contributed by atoms with Crippen LogP contribution < -0.4 is 0 Å². The van der Waals surface area contributed by atoms with Crippen molar-refractivity contribution in [2.75, 3.05) is 13.7 Å². The fraction of sp³-hybridized carbons (Fsp3) is 0.700. The molecule has 3 atom stereocenters. The summed E-state index contributed by atoms with van der Waals surface area (Å²) in [5.74, 6) is -1.65. The number of likely N-dealkylation sites (tertiary alicyclic amines) is 1. The number of rotatable bonds is 5. The van der Waals surface area contributed by atoms with Gasteiger partial charge >= 0.3 is 5.97 Å². The van der Waals surface area contributed by atoms with Gasteiger partial charge in [0.25, 0.3) is 0 Å². The van der Waals surface area contributed by atoms with Crippen molar-refractivity contribution in [2.45, 2.75) is 18.9 Å². The molecule has 0 bridgehead atoms. The predicted molar refractivity (Wildman–Crippen MR) is 51.4 cm³/mol. The lowest BCUT2D eigenvalue weighted by Crippen LogP contribution is -2.40. The topological polar surface area (TPSA) is 83.9 Å². The first-order chi connectivity index (χ1) is 7.54. The van der Waals surface area contributed by atoms with Crippen molar-refractivity contribution in [3.8, 4) is 0 Å². The van der Waals surface area contributed by atoms with Crippen molar-refractivity contribution in [3.63, 3.8) is 0 Å². The highest BCUT2D eigenvalue weighted by Crippen LogP contribution is 2.46. The summed E-state index contributed by atoms with van der Waals surface area (Å²) in [6, 6.07) is 0. The third kappa shape index (κ3) is 1.80. The molecule has 6 nitrogen and oxygen atoms in total. The first-order valence-corrected chi connectivity index (χ1v) is 5.14. The van der Waals surface area contributed by atoms with E-state index < -0.39 is 12.1 Å². The molecular weight excluding hydrogens is 214 g/mol. The average molecular weight is 227 g/mol. The lowest BCUT2D eigenvalue weighted by molar-refractivity contribution is -0.147. The van der Waals surface area contributed by atoms with Gasteiger partial charge in [0.15, 0.2) is 0 Å². The number of amides is 2. The summed E-state index contributed by atoms with van der Waals surface area (Å²) in [6.45, 7) is 0.0491. The maximum Gasteiger partial charge on any atom is 0.306 e. The lowest BCUT2D eigenvalue weighted by Gasteiger charge is -2.21. The van der Waals surface area contributed by atoms with Gasteiger partial charge in [-0.25, -0.2) is 0 Å². The Balaban J connectivity index is 1.95. The molecule has 88 valence electrons. The third-order valence-corrected chi connectivity index (χ3v) is 3.08. The zero-order valence-electron chi connectivity index (χ0n) is 8.88. The Hall–Kier alpha value is -1.43. The molecule has 0 aromatic heterocycles. The lowest BCUT2D eigenvalue weighted by atomic mass is 10.2. The number of hydrogen-bond acceptors (Lipinski definition) is 4. The zero-order valence-corrected chi connectivity index (χ0v) is 8.88. The van der Waals surface area contributed by atoms with E-state index in [4.69, 9.17) is 9.84 Å². The van der Waals surface area contributed by atoms with Crippen LogP contribution in [0.4, 0.5) is 0 Å². The van der Waals surface area contributed by atoms with Crippen LogP contribution in [0.1, 0.15) is 12.8 Å². The SMILES string of the molecule is COC(CC(=O)O)CN1C(=O)C2CC2C1=O. The van der Waals surface area contributed by atoms with Crippen LogP contribution in [-0.2, 0) is 19.1 Å². The molecule has 2 amide bonds. The number of ether oxygens (including phenoxy) is 1. The number of aliphatic carboxylic acids is 1. The van der Waals surface area contributed by atoms with Crippen molar-refractivity contribution in [1.82, 2.24) is 4.90 Å². The van der Waals surface area contributed by atoms with E-state index in [-0.39, 0.29) is 36.6 Å². The molecule has 2 fully saturated rings. The van der Waals surface area contributed by atoms with E-state index in [0.717, 1.165) is 4.90 Å². The van der Waals surface area contributed by atoms with E-state index in [1.165, 1.54) is 7.11 Å². The standard InChI is InChI=1S/C10H13NO5/c1-16-5(2-8(12)13)4-11-9(14)6-3-7(6)10(11)15/h5-7H,2-4H2,1H3,(H,12,13). The first-order valence-electron chi connectivity index (χ1n) is 5.14. The Morgan fingerprint density at radius 3 is 2.50 bits per heavy atom. The Labute approximate surface area is 92.2 Å². The van der Waals surface area contributed by atoms with Crippen LogP contribution in [0.3, 0.4) is 0 Å². The van der Waals surface area contributed by atoms with Crippen LogP contribution in [0.2, 0.25) is 0 Å². The van der Waals surface area contributed by atoms with Crippen LogP contribution in [0.15, 0.2) is 0 Å². The van der Waals surface area contributed by atoms with Gasteiger partial charge in [0.1, 0.15) is 0 Å². The summed E-state index contributed by atoms with van der Waals surface area (Å²) >= 11 is 0. The number of fused-ring (bicyclic) bond motifs is 1. The van der Waals surface area contributed by atoms with Crippen molar-refractivity contribution < 1.29 is 24.2 Å². The van der Waals surface area contributed by atoms with Gasteiger partial charge in [-0.2, -0.15) is 0 Å². The number of methoxy groups -OCH3 is 1. The van der Waals surface area contributed by atoms with Crippen LogP contribution in [0, 0.1) is 11.8 Å². The fourth-order valence-electron chi connectivity index (χ4n) is 2.05. The van der Waals surface area contributed by atoms with Crippen molar-refractivity contribution >= 4 is 17.8 Å². The summed E-state index contributed by atoms with van der Waals surface area (Å²) in [5.41, 5.74) is 0. The Bertz CT molecular complexity index is 333. The Morgan fingerprint density at radius 2 is 2.06 bits per heavy atom. The van der Waals surface area contributed by atoms with Crippen molar-refractivity contribution in [1.29, 1.82) is 0 Å². The van der Waals surface area contributed by atoms with Crippen LogP contribution in [-0.4, -0.2) is 47.5 Å². The molecule has 1 aliphatic heterocycles. The maximum atomic E-state index is 11.6. The van der Waals surface area contributed by atoms with Crippen LogP contribution >= 0.6 is 0 Å². The number of carbonyl (C=O) groups is 3. The van der Waals surface area contributed by atoms with Gasteiger partial charge in [0.05, 0.1) is 30.9 Å². The van der Waals surface area contributed by atoms with E-state index >= 15 is 0 Å². The molecule has 1 saturated carbocycles. The first kappa shape index (κ1) is 11.1. The molecule has 0 radical (unpaired) electrons. The number of carboxylic acids is 1. The molecule has 2 rings (SSSR count). The van der Waals surface area contributed by atoms with E-state index in [2.05, 4.69) is 0 Å². The molecule has 6 heteroatoms. The molecule has 0 aromatic carbocycles. The Morgan fingerprint density at radius 1 is 1.50 bits per heavy atom. The molecule has 16 heavy (non-hydrogen) atoms. The molecule has 1 N–H and O–H groups in total. The minimum atomic E-state index is -1.00. The molecule has 1 aliphatic carbocycles. The highest BCUT2D eigenvalue weighted by molar-refractivity contribution is 6.08. The second-order valence-electron chi connectivity index (χ2n) is 4.19. The minimum Gasteiger partial charge on any atom is -0.481 e. The fourth-order valence-corrected chi connectivity index (χ4v) is 2.05. The van der Waals surface area contributed by atoms with Gasteiger partial charge in [0, 0.05) is 7.11 Å². The second kappa shape index (κ2) is 3.86. The molecular formula is C10H13NO5. The molecule has 0 spiro atoms. The van der Waals surface area contributed by atoms with E-state index in [1.54, 1.807) is 0 Å². The number of hydrogen-bond donors (Lipinski definition) is 1. The Kier molecular flexibility index (Phi) is 2.67. The number of piperidine rings is 1. The van der Waals surface area contributed by atoms with Gasteiger partial charge in [-0.15, -0.1) is 0 Å². The van der Waals surface area contributed by atoms with Crippen LogP contribution in [0.5, 0.6) is 0 Å². The molecule has 0 aromatic rings. The summed E-state index contributed by atoms with van der Waals surface area (Å²) in [6.07, 6.45) is -0.170. The third-order valence-electron chi connectivity index (χ3n) is 3.08. The van der Waals surface area contributed by atoms with Gasteiger partial charge in [-0.1, -0.05) is 0 Å². The summed E-state index contributed by atoms with van der Waals surface area (Å²) < 4.78 is 4.94. The van der Waals surface area contributed by atoms with E-state index in [9.17, 15) is 14.4 Å². The smallest absolute Gasteiger partial charge is 0.306 e. The van der Waals surface area contributed by atoms with E-state index in [1.807, 2.05) is 0 Å². The van der Waals surface area contributed by atoms with E-state index in [0.29, 0.717) is 6.42 Å².